The molecule has 0 radical (unpaired) electrons. The first-order chi connectivity index (χ1) is 26.3. The van der Waals surface area contributed by atoms with Crippen molar-refractivity contribution < 1.29 is 4.74 Å². The summed E-state index contributed by atoms with van der Waals surface area (Å²) in [4.78, 5) is 2.43. The van der Waals surface area contributed by atoms with E-state index in [0.717, 1.165) is 39.7 Å². The first-order valence-electron chi connectivity index (χ1n) is 18.3. The maximum Gasteiger partial charge on any atom is 0.132 e. The second-order valence-electron chi connectivity index (χ2n) is 14.0. The Hall–Kier alpha value is -6.90. The number of hydrogen-bond donors (Lipinski definition) is 0. The Morgan fingerprint density at radius 3 is 1.74 bits per heavy atom. The highest BCUT2D eigenvalue weighted by Gasteiger charge is 2.51. The van der Waals surface area contributed by atoms with Gasteiger partial charge in [0.1, 0.15) is 11.5 Å². The van der Waals surface area contributed by atoms with Crippen molar-refractivity contribution >= 4 is 38.6 Å². The predicted octanol–water partition coefficient (Wildman–Crippen LogP) is 13.6. The summed E-state index contributed by atoms with van der Waals surface area (Å²) in [5.74, 6) is 1.79. The summed E-state index contributed by atoms with van der Waals surface area (Å²) in [6.07, 6.45) is 0. The van der Waals surface area contributed by atoms with Gasteiger partial charge in [0.15, 0.2) is 0 Å². The third kappa shape index (κ3) is 4.27. The Balaban J connectivity index is 1.23. The third-order valence-corrected chi connectivity index (χ3v) is 11.3. The second kappa shape index (κ2) is 11.6. The highest BCUT2D eigenvalue weighted by atomic mass is 16.5. The summed E-state index contributed by atoms with van der Waals surface area (Å²) in [7, 11) is 0. The summed E-state index contributed by atoms with van der Waals surface area (Å²) in [6, 6.07) is 72.6. The van der Waals surface area contributed by atoms with E-state index in [1.54, 1.807) is 0 Å². The molecule has 1 heterocycles. The number of hydrogen-bond acceptors (Lipinski definition) is 2. The number of ether oxygens (including phenoxy) is 1. The van der Waals surface area contributed by atoms with E-state index in [1.165, 1.54) is 54.9 Å². The zero-order valence-corrected chi connectivity index (χ0v) is 28.9. The van der Waals surface area contributed by atoms with E-state index in [-0.39, 0.29) is 0 Å². The largest absolute Gasteiger partial charge is 0.457 e. The summed E-state index contributed by atoms with van der Waals surface area (Å²) < 4.78 is 6.68. The standard InChI is InChI=1S/C51H33NO/c1-3-15-34(16-4-1)38-30-32-47(41-22-10-9-21-40(38)41)52(36-18-5-2-6-19-36)37-28-29-42-46(33-37)51(45-31-27-35-17-7-8-20-39(35)50(42)45)43-23-11-13-25-48(43)53-49-26-14-12-24-44(49)51/h1-33H. The number of fused-ring (bicyclic) bond motifs is 12. The van der Waals surface area contributed by atoms with Gasteiger partial charge < -0.3 is 9.64 Å². The van der Waals surface area contributed by atoms with E-state index < -0.39 is 5.41 Å². The highest BCUT2D eigenvalue weighted by Crippen LogP contribution is 2.63. The maximum atomic E-state index is 6.68. The van der Waals surface area contributed by atoms with E-state index in [4.69, 9.17) is 4.74 Å². The summed E-state index contributed by atoms with van der Waals surface area (Å²) in [6.45, 7) is 0. The summed E-state index contributed by atoms with van der Waals surface area (Å²) in [5.41, 5.74) is 12.6. The van der Waals surface area contributed by atoms with E-state index in [1.807, 2.05) is 0 Å². The Labute approximate surface area is 308 Å². The summed E-state index contributed by atoms with van der Waals surface area (Å²) >= 11 is 0. The quantitative estimate of drug-likeness (QED) is 0.184. The van der Waals surface area contributed by atoms with Gasteiger partial charge in [-0.2, -0.15) is 0 Å². The molecule has 53 heavy (non-hydrogen) atoms. The van der Waals surface area contributed by atoms with Crippen molar-refractivity contribution in [2.45, 2.75) is 5.41 Å². The van der Waals surface area contributed by atoms with Crippen molar-refractivity contribution in [2.24, 2.45) is 0 Å². The predicted molar refractivity (Wildman–Crippen MR) is 219 cm³/mol. The molecule has 0 unspecified atom stereocenters. The maximum absolute atomic E-state index is 6.68. The number of benzene rings is 9. The minimum absolute atomic E-state index is 0.586. The number of nitrogens with zero attached hydrogens (tertiary/aromatic N) is 1. The molecule has 0 aromatic heterocycles. The van der Waals surface area contributed by atoms with Crippen molar-refractivity contribution in [3.8, 4) is 33.8 Å². The molecule has 11 rings (SSSR count). The van der Waals surface area contributed by atoms with E-state index >= 15 is 0 Å². The minimum Gasteiger partial charge on any atom is -0.457 e. The smallest absolute Gasteiger partial charge is 0.132 e. The zero-order valence-electron chi connectivity index (χ0n) is 28.9. The topological polar surface area (TPSA) is 12.5 Å². The van der Waals surface area contributed by atoms with Gasteiger partial charge in [0, 0.05) is 27.9 Å². The van der Waals surface area contributed by atoms with Crippen molar-refractivity contribution in [2.75, 3.05) is 4.90 Å². The van der Waals surface area contributed by atoms with Gasteiger partial charge in [0.2, 0.25) is 0 Å². The van der Waals surface area contributed by atoms with Gasteiger partial charge in [0.05, 0.1) is 11.1 Å². The Bertz CT molecular complexity index is 2830. The molecule has 2 nitrogen and oxygen atoms in total. The van der Waals surface area contributed by atoms with Crippen LogP contribution < -0.4 is 9.64 Å². The van der Waals surface area contributed by atoms with Gasteiger partial charge in [-0.25, -0.2) is 0 Å². The van der Waals surface area contributed by atoms with Crippen LogP contribution >= 0.6 is 0 Å². The number of para-hydroxylation sites is 3. The van der Waals surface area contributed by atoms with Crippen LogP contribution in [0.1, 0.15) is 22.3 Å². The van der Waals surface area contributed by atoms with E-state index in [2.05, 4.69) is 205 Å². The molecule has 0 saturated heterocycles. The van der Waals surface area contributed by atoms with Gasteiger partial charge >= 0.3 is 0 Å². The minimum atomic E-state index is -0.586. The van der Waals surface area contributed by atoms with Crippen molar-refractivity contribution in [3.05, 3.63) is 222 Å². The molecule has 0 saturated carbocycles. The molecule has 2 aliphatic rings. The molecule has 1 aliphatic heterocycles. The summed E-state index contributed by atoms with van der Waals surface area (Å²) in [5, 5.41) is 4.92. The molecule has 0 bridgehead atoms. The Morgan fingerprint density at radius 1 is 0.377 bits per heavy atom. The monoisotopic (exact) mass is 675 g/mol. The van der Waals surface area contributed by atoms with Gasteiger partial charge in [0.25, 0.3) is 0 Å². The van der Waals surface area contributed by atoms with Gasteiger partial charge in [-0.3, -0.25) is 0 Å². The van der Waals surface area contributed by atoms with Crippen LogP contribution in [0.2, 0.25) is 0 Å². The first kappa shape index (κ1) is 29.8. The molecule has 2 heteroatoms. The molecule has 0 N–H and O–H groups in total. The van der Waals surface area contributed by atoms with Crippen LogP contribution in [0.3, 0.4) is 0 Å². The lowest BCUT2D eigenvalue weighted by molar-refractivity contribution is 0.436. The van der Waals surface area contributed by atoms with Crippen LogP contribution in [-0.2, 0) is 5.41 Å². The average Bonchev–Trinajstić information content (AvgIpc) is 3.52. The van der Waals surface area contributed by atoms with Gasteiger partial charge in [-0.05, 0) is 92.0 Å². The van der Waals surface area contributed by atoms with Gasteiger partial charge in [-0.1, -0.05) is 158 Å². The molecule has 0 amide bonds. The lowest BCUT2D eigenvalue weighted by Crippen LogP contribution is -2.32. The van der Waals surface area contributed by atoms with E-state index in [9.17, 15) is 0 Å². The normalized spacial score (nSPS) is 13.2. The molecule has 0 atom stereocenters. The average molecular weight is 676 g/mol. The first-order valence-corrected chi connectivity index (χ1v) is 18.3. The van der Waals surface area contributed by atoms with Crippen LogP contribution in [0.25, 0.3) is 43.8 Å². The van der Waals surface area contributed by atoms with Gasteiger partial charge in [-0.15, -0.1) is 0 Å². The molecule has 1 spiro atoms. The van der Waals surface area contributed by atoms with Crippen LogP contribution in [0.4, 0.5) is 17.1 Å². The molecular formula is C51H33NO. The second-order valence-corrected chi connectivity index (χ2v) is 14.0. The Kier molecular flexibility index (Phi) is 6.50. The van der Waals surface area contributed by atoms with Crippen molar-refractivity contribution in [3.63, 3.8) is 0 Å². The Morgan fingerprint density at radius 2 is 0.981 bits per heavy atom. The fourth-order valence-corrected chi connectivity index (χ4v) is 9.15. The SMILES string of the molecule is c1ccc(-c2ccc(N(c3ccccc3)c3ccc4c(c3)C3(c5ccccc5Oc5ccccc53)c3ccc5ccccc5c3-4)c3ccccc23)cc1. The molecule has 1 aliphatic carbocycles. The van der Waals surface area contributed by atoms with Crippen LogP contribution in [-0.4, -0.2) is 0 Å². The lowest BCUT2D eigenvalue weighted by atomic mass is 9.66. The zero-order chi connectivity index (χ0) is 34.9. The van der Waals surface area contributed by atoms with E-state index in [0.29, 0.717) is 0 Å². The number of rotatable bonds is 4. The van der Waals surface area contributed by atoms with Crippen molar-refractivity contribution in [1.29, 1.82) is 0 Å². The third-order valence-electron chi connectivity index (χ3n) is 11.3. The number of anilines is 3. The molecular weight excluding hydrogens is 643 g/mol. The van der Waals surface area contributed by atoms with Crippen LogP contribution in [0, 0.1) is 0 Å². The highest BCUT2D eigenvalue weighted by molar-refractivity contribution is 6.08. The van der Waals surface area contributed by atoms with Crippen LogP contribution in [0.15, 0.2) is 200 Å². The molecule has 0 fully saturated rings. The molecule has 248 valence electrons. The lowest BCUT2D eigenvalue weighted by Gasteiger charge is -2.39. The fraction of sp³-hybridized carbons (Fsp3) is 0.0196. The van der Waals surface area contributed by atoms with Crippen LogP contribution in [0.5, 0.6) is 11.5 Å². The molecule has 9 aromatic carbocycles. The fourth-order valence-electron chi connectivity index (χ4n) is 9.15. The van der Waals surface area contributed by atoms with Crippen molar-refractivity contribution in [1.82, 2.24) is 0 Å². The molecule has 9 aromatic rings.